The summed E-state index contributed by atoms with van der Waals surface area (Å²) in [5, 5.41) is 0. The predicted molar refractivity (Wildman–Crippen MR) is 61.1 cm³/mol. The highest BCUT2D eigenvalue weighted by atomic mass is 16.6. The fourth-order valence-electron chi connectivity index (χ4n) is 1.73. The fourth-order valence-corrected chi connectivity index (χ4v) is 1.73. The smallest absolute Gasteiger partial charge is 0.332 e. The van der Waals surface area contributed by atoms with E-state index in [1.165, 1.54) is 0 Å². The standard InChI is InChI=1S/C11H22N2O3/c1-2-16-11(14)9-15-8-7-13-5-3-10(12)4-6-13/h10H,2-9,12H2,1H3. The normalized spacial score (nSPS) is 18.6. The van der Waals surface area contributed by atoms with Crippen LogP contribution in [0.3, 0.4) is 0 Å². The third-order valence-corrected chi connectivity index (χ3v) is 2.71. The number of hydrogen-bond acceptors (Lipinski definition) is 5. The van der Waals surface area contributed by atoms with Gasteiger partial charge >= 0.3 is 5.97 Å². The molecular weight excluding hydrogens is 208 g/mol. The zero-order chi connectivity index (χ0) is 11.8. The number of nitrogens with two attached hydrogens (primary N) is 1. The molecule has 0 aliphatic carbocycles. The van der Waals surface area contributed by atoms with Gasteiger partial charge in [0.15, 0.2) is 0 Å². The van der Waals surface area contributed by atoms with Crippen LogP contribution in [0.15, 0.2) is 0 Å². The summed E-state index contributed by atoms with van der Waals surface area (Å²) in [6.45, 7) is 5.76. The number of carbonyl (C=O) groups excluding carboxylic acids is 1. The summed E-state index contributed by atoms with van der Waals surface area (Å²) in [6, 6.07) is 0.358. The molecule has 0 unspecified atom stereocenters. The Morgan fingerprint density at radius 1 is 1.44 bits per heavy atom. The van der Waals surface area contributed by atoms with E-state index in [4.69, 9.17) is 15.2 Å². The van der Waals surface area contributed by atoms with E-state index in [1.807, 2.05) is 0 Å². The number of rotatable bonds is 6. The molecule has 0 spiro atoms. The molecule has 0 saturated carbocycles. The molecular formula is C11H22N2O3. The van der Waals surface area contributed by atoms with E-state index in [2.05, 4.69) is 4.90 Å². The van der Waals surface area contributed by atoms with Crippen LogP contribution < -0.4 is 5.73 Å². The molecule has 1 aliphatic heterocycles. The molecule has 2 N–H and O–H groups in total. The maximum Gasteiger partial charge on any atom is 0.332 e. The Labute approximate surface area is 96.9 Å². The third-order valence-electron chi connectivity index (χ3n) is 2.71. The van der Waals surface area contributed by atoms with Crippen molar-refractivity contribution in [1.82, 2.24) is 4.90 Å². The molecule has 0 bridgehead atoms. The first kappa shape index (κ1) is 13.4. The summed E-state index contributed by atoms with van der Waals surface area (Å²) < 4.78 is 9.98. The Morgan fingerprint density at radius 2 is 2.12 bits per heavy atom. The molecule has 1 rings (SSSR count). The maximum absolute atomic E-state index is 11.0. The van der Waals surface area contributed by atoms with Crippen molar-refractivity contribution in [3.05, 3.63) is 0 Å². The summed E-state index contributed by atoms with van der Waals surface area (Å²) in [7, 11) is 0. The van der Waals surface area contributed by atoms with E-state index < -0.39 is 0 Å². The van der Waals surface area contributed by atoms with E-state index in [0.29, 0.717) is 19.3 Å². The van der Waals surface area contributed by atoms with Crippen molar-refractivity contribution in [3.8, 4) is 0 Å². The zero-order valence-corrected chi connectivity index (χ0v) is 9.98. The number of hydrogen-bond donors (Lipinski definition) is 1. The number of esters is 1. The van der Waals surface area contributed by atoms with Gasteiger partial charge in [-0.2, -0.15) is 0 Å². The maximum atomic E-state index is 11.0. The van der Waals surface area contributed by atoms with Crippen LogP contribution in [0.1, 0.15) is 19.8 Å². The topological polar surface area (TPSA) is 64.8 Å². The van der Waals surface area contributed by atoms with Crippen molar-refractivity contribution < 1.29 is 14.3 Å². The van der Waals surface area contributed by atoms with E-state index in [-0.39, 0.29) is 12.6 Å². The highest BCUT2D eigenvalue weighted by Gasteiger charge is 2.15. The van der Waals surface area contributed by atoms with Crippen molar-refractivity contribution in [2.24, 2.45) is 5.73 Å². The summed E-state index contributed by atoms with van der Waals surface area (Å²) in [5.74, 6) is -0.289. The summed E-state index contributed by atoms with van der Waals surface area (Å²) in [5.41, 5.74) is 5.81. The summed E-state index contributed by atoms with van der Waals surface area (Å²) in [6.07, 6.45) is 2.11. The Kier molecular flexibility index (Phi) is 6.37. The van der Waals surface area contributed by atoms with Gasteiger partial charge in [-0.15, -0.1) is 0 Å². The van der Waals surface area contributed by atoms with Gasteiger partial charge < -0.3 is 20.1 Å². The first-order chi connectivity index (χ1) is 7.72. The fraction of sp³-hybridized carbons (Fsp3) is 0.909. The lowest BCUT2D eigenvalue weighted by Gasteiger charge is -2.29. The number of piperidine rings is 1. The molecule has 1 aliphatic rings. The average molecular weight is 230 g/mol. The molecule has 94 valence electrons. The van der Waals surface area contributed by atoms with Gasteiger partial charge in [0.1, 0.15) is 6.61 Å². The first-order valence-electron chi connectivity index (χ1n) is 5.93. The van der Waals surface area contributed by atoms with E-state index in [1.54, 1.807) is 6.92 Å². The molecule has 1 saturated heterocycles. The Bertz CT molecular complexity index is 203. The molecule has 0 atom stereocenters. The molecule has 0 aromatic heterocycles. The van der Waals surface area contributed by atoms with Gasteiger partial charge in [0.05, 0.1) is 13.2 Å². The summed E-state index contributed by atoms with van der Waals surface area (Å²) in [4.78, 5) is 13.3. The third kappa shape index (κ3) is 5.44. The van der Waals surface area contributed by atoms with Crippen molar-refractivity contribution in [3.63, 3.8) is 0 Å². The molecule has 0 radical (unpaired) electrons. The van der Waals surface area contributed by atoms with Crippen LogP contribution in [-0.2, 0) is 14.3 Å². The molecule has 5 nitrogen and oxygen atoms in total. The zero-order valence-electron chi connectivity index (χ0n) is 9.98. The second kappa shape index (κ2) is 7.60. The van der Waals surface area contributed by atoms with Crippen LogP contribution >= 0.6 is 0 Å². The van der Waals surface area contributed by atoms with Gasteiger partial charge in [-0.1, -0.05) is 0 Å². The number of likely N-dealkylation sites (tertiary alicyclic amines) is 1. The monoisotopic (exact) mass is 230 g/mol. The van der Waals surface area contributed by atoms with Gasteiger partial charge in [0.25, 0.3) is 0 Å². The van der Waals surface area contributed by atoms with Crippen molar-refractivity contribution in [2.75, 3.05) is 39.5 Å². The van der Waals surface area contributed by atoms with Gasteiger partial charge in [0.2, 0.25) is 0 Å². The van der Waals surface area contributed by atoms with Crippen LogP contribution in [0, 0.1) is 0 Å². The second-order valence-electron chi connectivity index (χ2n) is 4.04. The SMILES string of the molecule is CCOC(=O)COCCN1CCC(N)CC1. The first-order valence-corrected chi connectivity index (χ1v) is 5.93. The Balaban J connectivity index is 1.97. The minimum Gasteiger partial charge on any atom is -0.464 e. The lowest BCUT2D eigenvalue weighted by Crippen LogP contribution is -2.41. The van der Waals surface area contributed by atoms with Crippen molar-refractivity contribution in [1.29, 1.82) is 0 Å². The van der Waals surface area contributed by atoms with Gasteiger partial charge in [-0.05, 0) is 32.9 Å². The largest absolute Gasteiger partial charge is 0.464 e. The van der Waals surface area contributed by atoms with E-state index in [9.17, 15) is 4.79 Å². The number of nitrogens with zero attached hydrogens (tertiary/aromatic N) is 1. The predicted octanol–water partition coefficient (Wildman–Crippen LogP) is -0.0108. The molecule has 0 amide bonds. The Hall–Kier alpha value is -0.650. The molecule has 1 fully saturated rings. The minimum absolute atomic E-state index is 0.0567. The molecule has 0 aromatic carbocycles. The van der Waals surface area contributed by atoms with Crippen LogP contribution in [0.25, 0.3) is 0 Å². The van der Waals surface area contributed by atoms with Crippen molar-refractivity contribution in [2.45, 2.75) is 25.8 Å². The van der Waals surface area contributed by atoms with E-state index >= 15 is 0 Å². The molecule has 5 heteroatoms. The Morgan fingerprint density at radius 3 is 2.75 bits per heavy atom. The highest BCUT2D eigenvalue weighted by molar-refractivity contribution is 5.70. The van der Waals surface area contributed by atoms with Crippen LogP contribution in [0.4, 0.5) is 0 Å². The molecule has 0 aromatic rings. The quantitative estimate of drug-likeness (QED) is 0.513. The van der Waals surface area contributed by atoms with Crippen LogP contribution in [0.2, 0.25) is 0 Å². The minimum atomic E-state index is -0.289. The molecule has 16 heavy (non-hydrogen) atoms. The van der Waals surface area contributed by atoms with E-state index in [0.717, 1.165) is 32.5 Å². The number of carbonyl (C=O) groups is 1. The average Bonchev–Trinajstić information content (AvgIpc) is 2.27. The molecule has 1 heterocycles. The lowest BCUT2D eigenvalue weighted by molar-refractivity contribution is -0.148. The number of ether oxygens (including phenoxy) is 2. The van der Waals surface area contributed by atoms with Gasteiger partial charge in [-0.3, -0.25) is 0 Å². The highest BCUT2D eigenvalue weighted by Crippen LogP contribution is 2.07. The summed E-state index contributed by atoms with van der Waals surface area (Å²) >= 11 is 0. The van der Waals surface area contributed by atoms with Gasteiger partial charge in [-0.25, -0.2) is 4.79 Å². The lowest BCUT2D eigenvalue weighted by atomic mass is 10.1. The second-order valence-corrected chi connectivity index (χ2v) is 4.04. The van der Waals surface area contributed by atoms with Crippen molar-refractivity contribution >= 4 is 5.97 Å². The van der Waals surface area contributed by atoms with Crippen LogP contribution in [-0.4, -0.2) is 56.4 Å². The van der Waals surface area contributed by atoms with Gasteiger partial charge in [0, 0.05) is 12.6 Å². The van der Waals surface area contributed by atoms with Crippen LogP contribution in [0.5, 0.6) is 0 Å².